The van der Waals surface area contributed by atoms with E-state index in [2.05, 4.69) is 17.1 Å². The van der Waals surface area contributed by atoms with Gasteiger partial charge in [-0.25, -0.2) is 0 Å². The fourth-order valence-electron chi connectivity index (χ4n) is 4.12. The van der Waals surface area contributed by atoms with Crippen molar-refractivity contribution in [2.24, 2.45) is 5.92 Å². The predicted molar refractivity (Wildman–Crippen MR) is 108 cm³/mol. The van der Waals surface area contributed by atoms with Crippen LogP contribution in [-0.4, -0.2) is 60.4 Å². The van der Waals surface area contributed by atoms with Gasteiger partial charge in [0.05, 0.1) is 0 Å². The van der Waals surface area contributed by atoms with E-state index in [4.69, 9.17) is 11.6 Å². The Kier molecular flexibility index (Phi) is 7.13. The van der Waals surface area contributed by atoms with Crippen molar-refractivity contribution in [3.8, 4) is 0 Å². The van der Waals surface area contributed by atoms with Crippen LogP contribution in [0.2, 0.25) is 5.02 Å². The van der Waals surface area contributed by atoms with Crippen LogP contribution in [0, 0.1) is 5.92 Å². The van der Waals surface area contributed by atoms with Gasteiger partial charge in [0.15, 0.2) is 0 Å². The summed E-state index contributed by atoms with van der Waals surface area (Å²) in [5.74, 6) is 0.173. The molecule has 5 nitrogen and oxygen atoms in total. The monoisotopic (exact) mass is 391 g/mol. The van der Waals surface area contributed by atoms with Gasteiger partial charge >= 0.3 is 0 Å². The highest BCUT2D eigenvalue weighted by atomic mass is 35.5. The van der Waals surface area contributed by atoms with Crippen LogP contribution in [0.3, 0.4) is 0 Å². The number of rotatable bonds is 6. The van der Waals surface area contributed by atoms with Gasteiger partial charge in [-0.05, 0) is 69.5 Å². The molecule has 2 aliphatic heterocycles. The second-order valence-electron chi connectivity index (χ2n) is 7.62. The summed E-state index contributed by atoms with van der Waals surface area (Å²) in [6.45, 7) is 6.49. The Morgan fingerprint density at radius 1 is 1.11 bits per heavy atom. The number of carbonyl (C=O) groups excluding carboxylic acids is 2. The molecular weight excluding hydrogens is 362 g/mol. The van der Waals surface area contributed by atoms with E-state index in [1.807, 2.05) is 4.90 Å². The van der Waals surface area contributed by atoms with Crippen LogP contribution >= 0.6 is 11.6 Å². The van der Waals surface area contributed by atoms with Crippen molar-refractivity contribution < 1.29 is 9.59 Å². The summed E-state index contributed by atoms with van der Waals surface area (Å²) in [5.41, 5.74) is 0.652. The second kappa shape index (κ2) is 9.56. The van der Waals surface area contributed by atoms with Gasteiger partial charge in [-0.2, -0.15) is 0 Å². The van der Waals surface area contributed by atoms with Gasteiger partial charge in [0.2, 0.25) is 5.91 Å². The fourth-order valence-corrected chi connectivity index (χ4v) is 4.25. The van der Waals surface area contributed by atoms with Crippen LogP contribution in [0.25, 0.3) is 0 Å². The molecule has 0 aromatic heterocycles. The topological polar surface area (TPSA) is 52.7 Å². The first-order valence-corrected chi connectivity index (χ1v) is 10.5. The molecular formula is C21H30ClN3O2. The Labute approximate surface area is 167 Å². The van der Waals surface area contributed by atoms with Crippen LogP contribution in [0.5, 0.6) is 0 Å². The SMILES string of the molecule is CCC(CNC(=O)C1CCN(C(=O)c2ccc(Cl)cc2)CC1)N1CCCC1. The first-order chi connectivity index (χ1) is 13.1. The quantitative estimate of drug-likeness (QED) is 0.810. The molecule has 0 aliphatic carbocycles. The van der Waals surface area contributed by atoms with Crippen LogP contribution in [0.4, 0.5) is 0 Å². The molecule has 0 spiro atoms. The van der Waals surface area contributed by atoms with Gasteiger partial charge < -0.3 is 10.2 Å². The van der Waals surface area contributed by atoms with Crippen molar-refractivity contribution in [3.05, 3.63) is 34.9 Å². The highest BCUT2D eigenvalue weighted by Crippen LogP contribution is 2.20. The minimum atomic E-state index is 0.00959. The first-order valence-electron chi connectivity index (χ1n) is 10.1. The molecule has 148 valence electrons. The third-order valence-corrected chi connectivity index (χ3v) is 6.14. The lowest BCUT2D eigenvalue weighted by atomic mass is 9.95. The standard InChI is InChI=1S/C21H30ClN3O2/c1-2-19(24-11-3-4-12-24)15-23-20(26)16-9-13-25(14-10-16)21(27)17-5-7-18(22)8-6-17/h5-8,16,19H,2-4,9-15H2,1H3,(H,23,26). The third kappa shape index (κ3) is 5.23. The minimum absolute atomic E-state index is 0.00959. The fraction of sp³-hybridized carbons (Fsp3) is 0.619. The van der Waals surface area contributed by atoms with E-state index in [9.17, 15) is 9.59 Å². The van der Waals surface area contributed by atoms with Gasteiger partial charge in [-0.3, -0.25) is 14.5 Å². The average molecular weight is 392 g/mol. The number of carbonyl (C=O) groups is 2. The maximum Gasteiger partial charge on any atom is 0.253 e. The third-order valence-electron chi connectivity index (χ3n) is 5.88. The number of nitrogens with one attached hydrogen (secondary N) is 1. The first kappa shape index (κ1) is 20.2. The molecule has 1 atom stereocenters. The smallest absolute Gasteiger partial charge is 0.253 e. The molecule has 1 N–H and O–H groups in total. The minimum Gasteiger partial charge on any atom is -0.354 e. The summed E-state index contributed by atoms with van der Waals surface area (Å²) in [6, 6.07) is 7.43. The molecule has 0 radical (unpaired) electrons. The Bertz CT molecular complexity index is 635. The Balaban J connectivity index is 1.44. The van der Waals surface area contributed by atoms with Crippen LogP contribution < -0.4 is 5.32 Å². The summed E-state index contributed by atoms with van der Waals surface area (Å²) < 4.78 is 0. The van der Waals surface area contributed by atoms with Crippen LogP contribution in [-0.2, 0) is 4.79 Å². The number of benzene rings is 1. The van der Waals surface area contributed by atoms with Crippen molar-refractivity contribution in [2.45, 2.75) is 45.1 Å². The van der Waals surface area contributed by atoms with Crippen LogP contribution in [0.15, 0.2) is 24.3 Å². The molecule has 2 fully saturated rings. The van der Waals surface area contributed by atoms with Gasteiger partial charge in [-0.1, -0.05) is 18.5 Å². The zero-order chi connectivity index (χ0) is 19.2. The summed E-state index contributed by atoms with van der Waals surface area (Å²) in [4.78, 5) is 29.5. The molecule has 27 heavy (non-hydrogen) atoms. The number of amides is 2. The summed E-state index contributed by atoms with van der Waals surface area (Å²) >= 11 is 5.89. The Morgan fingerprint density at radius 2 is 1.74 bits per heavy atom. The van der Waals surface area contributed by atoms with E-state index in [-0.39, 0.29) is 17.7 Å². The van der Waals surface area contributed by atoms with Crippen molar-refractivity contribution in [1.29, 1.82) is 0 Å². The molecule has 2 aliphatic rings. The van der Waals surface area contributed by atoms with E-state index in [0.717, 1.165) is 38.9 Å². The van der Waals surface area contributed by atoms with Gasteiger partial charge in [0.1, 0.15) is 0 Å². The van der Waals surface area contributed by atoms with Crippen molar-refractivity contribution in [1.82, 2.24) is 15.1 Å². The van der Waals surface area contributed by atoms with E-state index < -0.39 is 0 Å². The van der Waals surface area contributed by atoms with Crippen molar-refractivity contribution in [2.75, 3.05) is 32.7 Å². The van der Waals surface area contributed by atoms with Gasteiger partial charge in [0.25, 0.3) is 5.91 Å². The van der Waals surface area contributed by atoms with Crippen molar-refractivity contribution >= 4 is 23.4 Å². The van der Waals surface area contributed by atoms with Crippen LogP contribution in [0.1, 0.15) is 49.4 Å². The summed E-state index contributed by atoms with van der Waals surface area (Å²) in [7, 11) is 0. The lowest BCUT2D eigenvalue weighted by molar-refractivity contribution is -0.126. The Hall–Kier alpha value is -1.59. The number of hydrogen-bond donors (Lipinski definition) is 1. The molecule has 1 aromatic carbocycles. The molecule has 1 aromatic rings. The molecule has 2 amide bonds. The molecule has 3 rings (SSSR count). The second-order valence-corrected chi connectivity index (χ2v) is 8.06. The summed E-state index contributed by atoms with van der Waals surface area (Å²) in [6.07, 6.45) is 5.06. The maximum absolute atomic E-state index is 12.6. The summed E-state index contributed by atoms with van der Waals surface area (Å²) in [5, 5.41) is 3.79. The Morgan fingerprint density at radius 3 is 2.33 bits per heavy atom. The van der Waals surface area contributed by atoms with Crippen molar-refractivity contribution in [3.63, 3.8) is 0 Å². The number of halogens is 1. The average Bonchev–Trinajstić information content (AvgIpc) is 3.23. The van der Waals surface area contributed by atoms with Gasteiger partial charge in [-0.15, -0.1) is 0 Å². The van der Waals surface area contributed by atoms with E-state index in [0.29, 0.717) is 29.7 Å². The molecule has 6 heteroatoms. The lowest BCUT2D eigenvalue weighted by Crippen LogP contribution is -2.46. The lowest BCUT2D eigenvalue weighted by Gasteiger charge is -2.32. The molecule has 2 heterocycles. The maximum atomic E-state index is 12.6. The zero-order valence-corrected chi connectivity index (χ0v) is 16.9. The predicted octanol–water partition coefficient (Wildman–Crippen LogP) is 3.18. The highest BCUT2D eigenvalue weighted by molar-refractivity contribution is 6.30. The highest BCUT2D eigenvalue weighted by Gasteiger charge is 2.28. The van der Waals surface area contributed by atoms with E-state index in [1.54, 1.807) is 24.3 Å². The number of likely N-dealkylation sites (tertiary alicyclic amines) is 2. The molecule has 0 bridgehead atoms. The molecule has 0 saturated carbocycles. The number of hydrogen-bond acceptors (Lipinski definition) is 3. The van der Waals surface area contributed by atoms with E-state index >= 15 is 0 Å². The number of piperidine rings is 1. The van der Waals surface area contributed by atoms with Gasteiger partial charge in [0, 0.05) is 42.2 Å². The largest absolute Gasteiger partial charge is 0.354 e. The molecule has 1 unspecified atom stereocenters. The number of nitrogens with zero attached hydrogens (tertiary/aromatic N) is 2. The molecule has 2 saturated heterocycles. The normalized spacial score (nSPS) is 19.9. The van der Waals surface area contributed by atoms with E-state index in [1.165, 1.54) is 12.8 Å². The zero-order valence-electron chi connectivity index (χ0n) is 16.1.